The lowest BCUT2D eigenvalue weighted by atomic mass is 10.1. The van der Waals surface area contributed by atoms with Crippen molar-refractivity contribution in [2.75, 3.05) is 7.11 Å². The SMILES string of the molecule is COc1cc(/C=C/C(=O)c2ccc(Br)cc2)ccc1Oc1nc2c(c(=O)n(C)c(=O)n2C)n1C. The van der Waals surface area contributed by atoms with Crippen LogP contribution in [0.2, 0.25) is 0 Å². The predicted octanol–water partition coefficient (Wildman–Crippen LogP) is 3.43. The van der Waals surface area contributed by atoms with E-state index in [9.17, 15) is 14.4 Å². The quantitative estimate of drug-likeness (QED) is 0.283. The van der Waals surface area contributed by atoms with Gasteiger partial charge < -0.3 is 9.47 Å². The average Bonchev–Trinajstić information content (AvgIpc) is 3.16. The van der Waals surface area contributed by atoms with E-state index < -0.39 is 11.2 Å². The minimum absolute atomic E-state index is 0.125. The van der Waals surface area contributed by atoms with Gasteiger partial charge in [-0.05, 0) is 48.0 Å². The van der Waals surface area contributed by atoms with Crippen molar-refractivity contribution in [1.82, 2.24) is 18.7 Å². The second-order valence-corrected chi connectivity index (χ2v) is 8.46. The van der Waals surface area contributed by atoms with E-state index in [-0.39, 0.29) is 23.0 Å². The van der Waals surface area contributed by atoms with Gasteiger partial charge in [0.15, 0.2) is 28.4 Å². The van der Waals surface area contributed by atoms with Crippen molar-refractivity contribution in [2.45, 2.75) is 0 Å². The molecule has 0 spiro atoms. The fourth-order valence-electron chi connectivity index (χ4n) is 3.44. The molecule has 0 N–H and O–H groups in total. The van der Waals surface area contributed by atoms with E-state index in [4.69, 9.17) is 9.47 Å². The van der Waals surface area contributed by atoms with Crippen LogP contribution in [0.15, 0.2) is 62.6 Å². The zero-order valence-electron chi connectivity index (χ0n) is 18.9. The molecule has 34 heavy (non-hydrogen) atoms. The summed E-state index contributed by atoms with van der Waals surface area (Å²) < 4.78 is 16.1. The van der Waals surface area contributed by atoms with Crippen LogP contribution in [0.3, 0.4) is 0 Å². The van der Waals surface area contributed by atoms with E-state index in [2.05, 4.69) is 20.9 Å². The number of carbonyl (C=O) groups excluding carboxylic acids is 1. The van der Waals surface area contributed by atoms with Gasteiger partial charge in [0.2, 0.25) is 0 Å². The number of ether oxygens (including phenoxy) is 2. The van der Waals surface area contributed by atoms with Crippen molar-refractivity contribution in [3.8, 4) is 17.5 Å². The lowest BCUT2D eigenvalue weighted by molar-refractivity contribution is 0.104. The number of fused-ring (bicyclic) bond motifs is 1. The molecule has 9 nitrogen and oxygen atoms in total. The molecule has 0 aliphatic rings. The number of hydrogen-bond donors (Lipinski definition) is 0. The molecule has 0 atom stereocenters. The Morgan fingerprint density at radius 1 is 0.971 bits per heavy atom. The standard InChI is InChI=1S/C24H21BrN4O5/c1-27-20-21(28(2)24(32)29(3)22(20)31)26-23(27)34-18-12-6-14(13-19(18)33-4)5-11-17(30)15-7-9-16(25)10-8-15/h5-13H,1-4H3/b11-5+. The van der Waals surface area contributed by atoms with Crippen molar-refractivity contribution < 1.29 is 14.3 Å². The van der Waals surface area contributed by atoms with Crippen molar-refractivity contribution >= 4 is 39.0 Å². The van der Waals surface area contributed by atoms with Crippen LogP contribution < -0.4 is 20.7 Å². The molecule has 2 heterocycles. The molecule has 2 aromatic heterocycles. The molecule has 2 aromatic carbocycles. The summed E-state index contributed by atoms with van der Waals surface area (Å²) in [7, 11) is 6.08. The fraction of sp³-hybridized carbons (Fsp3) is 0.167. The number of carbonyl (C=O) groups is 1. The van der Waals surface area contributed by atoms with Gasteiger partial charge in [-0.3, -0.25) is 23.3 Å². The highest BCUT2D eigenvalue weighted by molar-refractivity contribution is 9.10. The van der Waals surface area contributed by atoms with E-state index in [0.29, 0.717) is 17.1 Å². The zero-order chi connectivity index (χ0) is 24.6. The van der Waals surface area contributed by atoms with E-state index in [1.165, 1.54) is 36.4 Å². The summed E-state index contributed by atoms with van der Waals surface area (Å²) in [6, 6.07) is 12.4. The molecule has 0 radical (unpaired) electrons. The Kier molecular flexibility index (Phi) is 6.25. The number of halogens is 1. The van der Waals surface area contributed by atoms with E-state index in [1.54, 1.807) is 43.5 Å². The Balaban J connectivity index is 1.64. The van der Waals surface area contributed by atoms with Crippen LogP contribution in [-0.4, -0.2) is 31.6 Å². The fourth-order valence-corrected chi connectivity index (χ4v) is 3.71. The number of aryl methyl sites for hydroxylation is 2. The average molecular weight is 525 g/mol. The first-order chi connectivity index (χ1) is 16.2. The van der Waals surface area contributed by atoms with Crippen LogP contribution in [0.5, 0.6) is 17.5 Å². The Morgan fingerprint density at radius 2 is 1.68 bits per heavy atom. The van der Waals surface area contributed by atoms with Gasteiger partial charge in [-0.2, -0.15) is 4.98 Å². The Hall–Kier alpha value is -3.92. The van der Waals surface area contributed by atoms with Crippen LogP contribution in [0.4, 0.5) is 0 Å². The van der Waals surface area contributed by atoms with Gasteiger partial charge in [0.1, 0.15) is 0 Å². The molecule has 0 unspecified atom stereocenters. The van der Waals surface area contributed by atoms with Gasteiger partial charge in [-0.15, -0.1) is 0 Å². The normalized spacial score (nSPS) is 11.3. The molecular formula is C24H21BrN4O5. The largest absolute Gasteiger partial charge is 0.493 e. The van der Waals surface area contributed by atoms with Crippen LogP contribution in [0, 0.1) is 0 Å². The lowest BCUT2D eigenvalue weighted by Crippen LogP contribution is -2.37. The van der Waals surface area contributed by atoms with Crippen LogP contribution >= 0.6 is 15.9 Å². The van der Waals surface area contributed by atoms with Crippen LogP contribution in [0.1, 0.15) is 15.9 Å². The highest BCUT2D eigenvalue weighted by Crippen LogP contribution is 2.33. The number of allylic oxidation sites excluding steroid dienone is 1. The summed E-state index contributed by atoms with van der Waals surface area (Å²) in [6.45, 7) is 0. The van der Waals surface area contributed by atoms with Crippen LogP contribution in [-0.2, 0) is 21.1 Å². The number of ketones is 1. The summed E-state index contributed by atoms with van der Waals surface area (Å²) in [5.41, 5.74) is 0.823. The first-order valence-corrected chi connectivity index (χ1v) is 11.0. The van der Waals surface area contributed by atoms with Gasteiger partial charge in [-0.1, -0.05) is 28.1 Å². The topological polar surface area (TPSA) is 97.4 Å². The number of rotatable bonds is 6. The zero-order valence-corrected chi connectivity index (χ0v) is 20.5. The molecule has 0 aliphatic carbocycles. The predicted molar refractivity (Wildman–Crippen MR) is 132 cm³/mol. The van der Waals surface area contributed by atoms with Gasteiger partial charge in [0.05, 0.1) is 7.11 Å². The molecule has 174 valence electrons. The highest BCUT2D eigenvalue weighted by Gasteiger charge is 2.19. The molecule has 0 fully saturated rings. The van der Waals surface area contributed by atoms with E-state index in [0.717, 1.165) is 14.6 Å². The maximum atomic E-state index is 12.6. The maximum absolute atomic E-state index is 12.6. The second kappa shape index (κ2) is 9.14. The van der Waals surface area contributed by atoms with Gasteiger partial charge >= 0.3 is 11.7 Å². The summed E-state index contributed by atoms with van der Waals surface area (Å²) in [4.78, 5) is 41.5. The number of nitrogens with zero attached hydrogens (tertiary/aromatic N) is 4. The minimum Gasteiger partial charge on any atom is -0.493 e. The Bertz CT molecular complexity index is 1560. The van der Waals surface area contributed by atoms with Crippen molar-refractivity contribution in [1.29, 1.82) is 0 Å². The number of benzene rings is 2. The summed E-state index contributed by atoms with van der Waals surface area (Å²) in [5, 5.41) is 0. The van der Waals surface area contributed by atoms with Gasteiger partial charge in [0.25, 0.3) is 5.56 Å². The third-order valence-corrected chi connectivity index (χ3v) is 5.91. The minimum atomic E-state index is -0.478. The van der Waals surface area contributed by atoms with Gasteiger partial charge in [0, 0.05) is 31.2 Å². The first kappa shape index (κ1) is 23.2. The van der Waals surface area contributed by atoms with E-state index in [1.807, 2.05) is 12.1 Å². The number of aromatic nitrogens is 4. The summed E-state index contributed by atoms with van der Waals surface area (Å²) in [6.07, 6.45) is 3.17. The summed E-state index contributed by atoms with van der Waals surface area (Å²) >= 11 is 3.35. The number of methoxy groups -OCH3 is 1. The molecule has 10 heteroatoms. The molecule has 0 saturated heterocycles. The Labute approximate surface area is 202 Å². The molecule has 0 saturated carbocycles. The highest BCUT2D eigenvalue weighted by atomic mass is 79.9. The van der Waals surface area contributed by atoms with Gasteiger partial charge in [-0.25, -0.2) is 4.79 Å². The monoisotopic (exact) mass is 524 g/mol. The van der Waals surface area contributed by atoms with Crippen molar-refractivity contribution in [2.24, 2.45) is 21.1 Å². The third kappa shape index (κ3) is 4.19. The lowest BCUT2D eigenvalue weighted by Gasteiger charge is -2.10. The second-order valence-electron chi connectivity index (χ2n) is 7.55. The van der Waals surface area contributed by atoms with Crippen molar-refractivity contribution in [3.05, 3.63) is 85.0 Å². The molecule has 0 amide bonds. The summed E-state index contributed by atoms with van der Waals surface area (Å²) in [5.74, 6) is 0.643. The van der Waals surface area contributed by atoms with E-state index >= 15 is 0 Å². The first-order valence-electron chi connectivity index (χ1n) is 10.2. The molecule has 0 bridgehead atoms. The Morgan fingerprint density at radius 3 is 2.35 bits per heavy atom. The molecular weight excluding hydrogens is 504 g/mol. The third-order valence-electron chi connectivity index (χ3n) is 5.38. The number of hydrogen-bond acceptors (Lipinski definition) is 6. The smallest absolute Gasteiger partial charge is 0.332 e. The molecule has 4 rings (SSSR count). The maximum Gasteiger partial charge on any atom is 0.332 e. The van der Waals surface area contributed by atoms with Crippen LogP contribution in [0.25, 0.3) is 17.2 Å². The molecule has 4 aromatic rings. The van der Waals surface area contributed by atoms with Crippen molar-refractivity contribution in [3.63, 3.8) is 0 Å². The molecule has 0 aliphatic heterocycles. The number of imidazole rings is 1.